The number of pyridine rings is 1. The first-order valence-electron chi connectivity index (χ1n) is 9.56. The Morgan fingerprint density at radius 3 is 2.84 bits per heavy atom. The quantitative estimate of drug-likeness (QED) is 0.821. The molecule has 0 bridgehead atoms. The summed E-state index contributed by atoms with van der Waals surface area (Å²) in [5.41, 5.74) is 1.25. The second kappa shape index (κ2) is 7.70. The Balaban J connectivity index is 1.34. The molecule has 1 aromatic rings. The molecule has 25 heavy (non-hydrogen) atoms. The Kier molecular flexibility index (Phi) is 5.17. The van der Waals surface area contributed by atoms with Gasteiger partial charge in [-0.3, -0.25) is 9.88 Å². The molecule has 0 aliphatic carbocycles. The van der Waals surface area contributed by atoms with Crippen LogP contribution in [0.1, 0.15) is 24.8 Å². The first kappa shape index (κ1) is 16.8. The van der Waals surface area contributed by atoms with Gasteiger partial charge in [0.1, 0.15) is 0 Å². The SMILES string of the molecule is O=C(N1CCCC1)N1CC[C@@H]2CN(Cc3cccnc3)CCO[C@@H]2C1. The fraction of sp³-hybridized carbons (Fsp3) is 0.684. The lowest BCUT2D eigenvalue weighted by Crippen LogP contribution is -2.52. The van der Waals surface area contributed by atoms with E-state index in [9.17, 15) is 4.79 Å². The lowest BCUT2D eigenvalue weighted by atomic mass is 9.93. The van der Waals surface area contributed by atoms with Crippen LogP contribution >= 0.6 is 0 Å². The number of hydrogen-bond acceptors (Lipinski definition) is 4. The van der Waals surface area contributed by atoms with Crippen LogP contribution in [0.15, 0.2) is 24.5 Å². The average Bonchev–Trinajstić information content (AvgIpc) is 3.10. The van der Waals surface area contributed by atoms with Crippen LogP contribution in [0.4, 0.5) is 4.79 Å². The Morgan fingerprint density at radius 1 is 1.16 bits per heavy atom. The molecule has 6 nitrogen and oxygen atoms in total. The molecule has 4 rings (SSSR count). The molecule has 3 fully saturated rings. The van der Waals surface area contributed by atoms with Crippen LogP contribution in [0.2, 0.25) is 0 Å². The van der Waals surface area contributed by atoms with Crippen molar-refractivity contribution in [3.63, 3.8) is 0 Å². The maximum atomic E-state index is 12.6. The van der Waals surface area contributed by atoms with Crippen LogP contribution in [0, 0.1) is 5.92 Å². The summed E-state index contributed by atoms with van der Waals surface area (Å²) >= 11 is 0. The van der Waals surface area contributed by atoms with E-state index < -0.39 is 0 Å². The van der Waals surface area contributed by atoms with Crippen LogP contribution in [-0.4, -0.2) is 77.7 Å². The fourth-order valence-corrected chi connectivity index (χ4v) is 4.29. The average molecular weight is 344 g/mol. The number of rotatable bonds is 2. The molecule has 0 radical (unpaired) electrons. The molecule has 0 aromatic carbocycles. The molecule has 2 atom stereocenters. The van der Waals surface area contributed by atoms with E-state index in [1.807, 2.05) is 28.3 Å². The molecule has 0 unspecified atom stereocenters. The lowest BCUT2D eigenvalue weighted by molar-refractivity contribution is -0.0144. The predicted octanol–water partition coefficient (Wildman–Crippen LogP) is 1.82. The van der Waals surface area contributed by atoms with Crippen LogP contribution < -0.4 is 0 Å². The van der Waals surface area contributed by atoms with Gasteiger partial charge in [0.15, 0.2) is 0 Å². The minimum atomic E-state index is 0.180. The Hall–Kier alpha value is -1.66. The minimum Gasteiger partial charge on any atom is -0.375 e. The van der Waals surface area contributed by atoms with Crippen LogP contribution in [-0.2, 0) is 11.3 Å². The number of likely N-dealkylation sites (tertiary alicyclic amines) is 2. The van der Waals surface area contributed by atoms with Crippen molar-refractivity contribution in [3.05, 3.63) is 30.1 Å². The highest BCUT2D eigenvalue weighted by Gasteiger charge is 2.36. The van der Waals surface area contributed by atoms with Gasteiger partial charge in [0, 0.05) is 64.1 Å². The van der Waals surface area contributed by atoms with Crippen molar-refractivity contribution in [1.29, 1.82) is 0 Å². The number of carbonyl (C=O) groups excluding carboxylic acids is 1. The highest BCUT2D eigenvalue weighted by Crippen LogP contribution is 2.26. The summed E-state index contributed by atoms with van der Waals surface area (Å²) in [5.74, 6) is 0.516. The minimum absolute atomic E-state index is 0.180. The maximum Gasteiger partial charge on any atom is 0.320 e. The molecule has 0 N–H and O–H groups in total. The van der Waals surface area contributed by atoms with Gasteiger partial charge in [0.2, 0.25) is 0 Å². The highest BCUT2D eigenvalue weighted by molar-refractivity contribution is 5.74. The van der Waals surface area contributed by atoms with Crippen LogP contribution in [0.25, 0.3) is 0 Å². The van der Waals surface area contributed by atoms with Gasteiger partial charge in [0.05, 0.1) is 12.7 Å². The predicted molar refractivity (Wildman–Crippen MR) is 95.1 cm³/mol. The number of ether oxygens (including phenoxy) is 1. The molecular formula is C19H28N4O2. The summed E-state index contributed by atoms with van der Waals surface area (Å²) in [6.45, 7) is 7.12. The van der Waals surface area contributed by atoms with Crippen LogP contribution in [0.3, 0.4) is 0 Å². The third kappa shape index (κ3) is 3.96. The van der Waals surface area contributed by atoms with Gasteiger partial charge in [0.25, 0.3) is 0 Å². The Bertz CT molecular complexity index is 576. The van der Waals surface area contributed by atoms with Gasteiger partial charge >= 0.3 is 6.03 Å². The zero-order valence-electron chi connectivity index (χ0n) is 14.8. The highest BCUT2D eigenvalue weighted by atomic mass is 16.5. The van der Waals surface area contributed by atoms with Crippen LogP contribution in [0.5, 0.6) is 0 Å². The van der Waals surface area contributed by atoms with Crippen molar-refractivity contribution in [3.8, 4) is 0 Å². The largest absolute Gasteiger partial charge is 0.375 e. The fourth-order valence-electron chi connectivity index (χ4n) is 4.29. The molecule has 136 valence electrons. The number of fused-ring (bicyclic) bond motifs is 1. The first-order valence-corrected chi connectivity index (χ1v) is 9.56. The number of nitrogens with zero attached hydrogens (tertiary/aromatic N) is 4. The van der Waals surface area contributed by atoms with E-state index in [1.165, 1.54) is 5.56 Å². The number of hydrogen-bond donors (Lipinski definition) is 0. The van der Waals surface area contributed by atoms with E-state index in [1.54, 1.807) is 0 Å². The summed E-state index contributed by atoms with van der Waals surface area (Å²) < 4.78 is 6.15. The molecule has 1 aromatic heterocycles. The molecule has 6 heteroatoms. The number of carbonyl (C=O) groups is 1. The van der Waals surface area contributed by atoms with Crippen molar-refractivity contribution in [1.82, 2.24) is 19.7 Å². The molecule has 3 aliphatic heterocycles. The standard InChI is InChI=1S/C19H28N4O2/c24-19(22-7-1-2-8-22)23-9-5-17-14-21(10-11-25-18(17)15-23)13-16-4-3-6-20-12-16/h3-4,6,12,17-18H,1-2,5,7-11,13-15H2/t17-,18-/m1/s1. The van der Waals surface area contributed by atoms with Crippen molar-refractivity contribution in [2.75, 3.05) is 45.9 Å². The van der Waals surface area contributed by atoms with Gasteiger partial charge in [-0.1, -0.05) is 6.07 Å². The second-order valence-electron chi connectivity index (χ2n) is 7.48. The summed E-state index contributed by atoms with van der Waals surface area (Å²) in [7, 11) is 0. The summed E-state index contributed by atoms with van der Waals surface area (Å²) in [5, 5.41) is 0. The number of aromatic nitrogens is 1. The number of amides is 2. The summed E-state index contributed by atoms with van der Waals surface area (Å²) in [6, 6.07) is 4.35. The second-order valence-corrected chi connectivity index (χ2v) is 7.48. The lowest BCUT2D eigenvalue weighted by Gasteiger charge is -2.39. The Labute approximate surface area is 149 Å². The summed E-state index contributed by atoms with van der Waals surface area (Å²) in [4.78, 5) is 23.4. The summed E-state index contributed by atoms with van der Waals surface area (Å²) in [6.07, 6.45) is 7.27. The topological polar surface area (TPSA) is 48.9 Å². The van der Waals surface area contributed by atoms with Gasteiger partial charge in [-0.2, -0.15) is 0 Å². The molecule has 0 spiro atoms. The zero-order chi connectivity index (χ0) is 17.1. The molecular weight excluding hydrogens is 316 g/mol. The maximum absolute atomic E-state index is 12.6. The van der Waals surface area contributed by atoms with E-state index in [4.69, 9.17) is 4.74 Å². The van der Waals surface area contributed by atoms with Crippen molar-refractivity contribution >= 4 is 6.03 Å². The Morgan fingerprint density at radius 2 is 2.04 bits per heavy atom. The van der Waals surface area contributed by atoms with Gasteiger partial charge in [-0.05, 0) is 30.9 Å². The van der Waals surface area contributed by atoms with E-state index in [0.29, 0.717) is 5.92 Å². The number of urea groups is 1. The monoisotopic (exact) mass is 344 g/mol. The molecule has 2 amide bonds. The third-order valence-electron chi connectivity index (χ3n) is 5.70. The van der Waals surface area contributed by atoms with Gasteiger partial charge in [-0.15, -0.1) is 0 Å². The zero-order valence-corrected chi connectivity index (χ0v) is 14.8. The number of piperidine rings is 1. The third-order valence-corrected chi connectivity index (χ3v) is 5.70. The molecule has 3 aliphatic rings. The van der Waals surface area contributed by atoms with Crippen molar-refractivity contribution < 1.29 is 9.53 Å². The van der Waals surface area contributed by atoms with Gasteiger partial charge in [-0.25, -0.2) is 4.79 Å². The molecule has 0 saturated carbocycles. The van der Waals surface area contributed by atoms with E-state index >= 15 is 0 Å². The first-order chi connectivity index (χ1) is 12.3. The van der Waals surface area contributed by atoms with E-state index in [-0.39, 0.29) is 12.1 Å². The van der Waals surface area contributed by atoms with Crippen molar-refractivity contribution in [2.24, 2.45) is 5.92 Å². The smallest absolute Gasteiger partial charge is 0.320 e. The molecule has 4 heterocycles. The van der Waals surface area contributed by atoms with Gasteiger partial charge < -0.3 is 14.5 Å². The van der Waals surface area contributed by atoms with E-state index in [0.717, 1.165) is 71.7 Å². The van der Waals surface area contributed by atoms with E-state index in [2.05, 4.69) is 16.0 Å². The van der Waals surface area contributed by atoms with Crippen molar-refractivity contribution in [2.45, 2.75) is 31.9 Å². The molecule has 3 saturated heterocycles. The normalized spacial score (nSPS) is 27.8.